The van der Waals surface area contributed by atoms with Gasteiger partial charge in [0.1, 0.15) is 0 Å². The second-order valence-electron chi connectivity index (χ2n) is 6.93. The molecule has 152 valence electrons. The van der Waals surface area contributed by atoms with Crippen LogP contribution >= 0.6 is 0 Å². The van der Waals surface area contributed by atoms with Crippen molar-refractivity contribution in [2.24, 2.45) is 5.92 Å². The number of hydrogen-bond acceptors (Lipinski definition) is 4. The Kier molecular flexibility index (Phi) is 7.75. The summed E-state index contributed by atoms with van der Waals surface area (Å²) >= 11 is 0. The lowest BCUT2D eigenvalue weighted by Gasteiger charge is -2.25. The summed E-state index contributed by atoms with van der Waals surface area (Å²) in [6.45, 7) is 9.22. The minimum atomic E-state index is -0.914. The number of aliphatic carboxylic acids is 1. The minimum Gasteiger partial charge on any atom is -0.481 e. The first-order valence-corrected chi connectivity index (χ1v) is 9.57. The molecular weight excluding hydrogens is 358 g/mol. The minimum absolute atomic E-state index is 0.166. The van der Waals surface area contributed by atoms with E-state index in [1.165, 1.54) is 0 Å². The molecule has 2 aromatic rings. The largest absolute Gasteiger partial charge is 0.481 e. The molecule has 1 N–H and O–H groups in total. The fourth-order valence-corrected chi connectivity index (χ4v) is 3.00. The van der Waals surface area contributed by atoms with Crippen LogP contribution in [0.25, 0.3) is 5.69 Å². The molecule has 1 heterocycles. The molecule has 1 aromatic carbocycles. The molecule has 7 nitrogen and oxygen atoms in total. The van der Waals surface area contributed by atoms with E-state index in [0.29, 0.717) is 31.7 Å². The van der Waals surface area contributed by atoms with E-state index in [-0.39, 0.29) is 12.5 Å². The highest BCUT2D eigenvalue weighted by Crippen LogP contribution is 2.15. The number of nitrogens with zero attached hydrogens (tertiary/aromatic N) is 3. The average Bonchev–Trinajstić information content (AvgIpc) is 3.01. The molecule has 0 saturated heterocycles. The third kappa shape index (κ3) is 5.66. The fraction of sp³-hybridized carbons (Fsp3) is 0.476. The standard InChI is InChI=1S/C21H29N3O4/c1-5-28-12-6-11-23(14-15(2)21(26)27)20(25)18-7-9-19(10-8-18)24-17(4)13-16(3)22-24/h7-10,13,15H,5-6,11-12,14H2,1-4H3,(H,26,27). The number of ether oxygens (including phenoxy) is 1. The van der Waals surface area contributed by atoms with E-state index in [2.05, 4.69) is 5.10 Å². The van der Waals surface area contributed by atoms with Crippen LogP contribution in [0.2, 0.25) is 0 Å². The Morgan fingerprint density at radius 3 is 2.46 bits per heavy atom. The molecule has 0 aliphatic heterocycles. The Morgan fingerprint density at radius 1 is 1.25 bits per heavy atom. The lowest BCUT2D eigenvalue weighted by Crippen LogP contribution is -2.38. The summed E-state index contributed by atoms with van der Waals surface area (Å²) in [5, 5.41) is 13.7. The Bertz CT molecular complexity index is 798. The number of carbonyl (C=O) groups is 2. The monoisotopic (exact) mass is 387 g/mol. The zero-order valence-corrected chi connectivity index (χ0v) is 17.0. The summed E-state index contributed by atoms with van der Waals surface area (Å²) in [5.41, 5.74) is 3.36. The van der Waals surface area contributed by atoms with Gasteiger partial charge >= 0.3 is 5.97 Å². The van der Waals surface area contributed by atoms with Crippen molar-refractivity contribution in [1.29, 1.82) is 0 Å². The number of hydrogen-bond donors (Lipinski definition) is 1. The van der Waals surface area contributed by atoms with Gasteiger partial charge in [0, 0.05) is 37.6 Å². The highest BCUT2D eigenvalue weighted by atomic mass is 16.5. The van der Waals surface area contributed by atoms with Gasteiger partial charge in [0.15, 0.2) is 0 Å². The Morgan fingerprint density at radius 2 is 1.93 bits per heavy atom. The second-order valence-corrected chi connectivity index (χ2v) is 6.93. The average molecular weight is 387 g/mol. The van der Waals surface area contributed by atoms with Crippen LogP contribution in [0.5, 0.6) is 0 Å². The maximum Gasteiger partial charge on any atom is 0.308 e. The van der Waals surface area contributed by atoms with Gasteiger partial charge in [-0.1, -0.05) is 6.92 Å². The van der Waals surface area contributed by atoms with Crippen LogP contribution in [-0.4, -0.2) is 58.0 Å². The molecule has 0 aliphatic rings. The molecule has 0 radical (unpaired) electrons. The molecular formula is C21H29N3O4. The molecule has 0 fully saturated rings. The van der Waals surface area contributed by atoms with E-state index in [0.717, 1.165) is 17.1 Å². The van der Waals surface area contributed by atoms with E-state index >= 15 is 0 Å². The number of carboxylic acids is 1. The number of carboxylic acid groups (broad SMARTS) is 1. The van der Waals surface area contributed by atoms with Gasteiger partial charge in [-0.2, -0.15) is 5.10 Å². The SMILES string of the molecule is CCOCCCN(CC(C)C(=O)O)C(=O)c1ccc(-n2nc(C)cc2C)cc1. The number of amides is 1. The van der Waals surface area contributed by atoms with Gasteiger partial charge in [0.25, 0.3) is 5.91 Å². The van der Waals surface area contributed by atoms with Crippen LogP contribution in [0.1, 0.15) is 42.0 Å². The predicted molar refractivity (Wildman–Crippen MR) is 107 cm³/mol. The molecule has 0 saturated carbocycles. The smallest absolute Gasteiger partial charge is 0.308 e. The normalized spacial score (nSPS) is 12.0. The molecule has 28 heavy (non-hydrogen) atoms. The molecule has 1 amide bonds. The van der Waals surface area contributed by atoms with Crippen LogP contribution < -0.4 is 0 Å². The van der Waals surface area contributed by atoms with Crippen LogP contribution in [-0.2, 0) is 9.53 Å². The highest BCUT2D eigenvalue weighted by molar-refractivity contribution is 5.94. The maximum atomic E-state index is 13.0. The summed E-state index contributed by atoms with van der Waals surface area (Å²) in [7, 11) is 0. The molecule has 1 unspecified atom stereocenters. The van der Waals surface area contributed by atoms with Crippen molar-refractivity contribution in [1.82, 2.24) is 14.7 Å². The van der Waals surface area contributed by atoms with Crippen molar-refractivity contribution in [3.63, 3.8) is 0 Å². The molecule has 1 atom stereocenters. The Labute approximate surface area is 165 Å². The van der Waals surface area contributed by atoms with Gasteiger partial charge in [-0.3, -0.25) is 9.59 Å². The lowest BCUT2D eigenvalue weighted by molar-refractivity contribution is -0.141. The third-order valence-corrected chi connectivity index (χ3v) is 4.49. The summed E-state index contributed by atoms with van der Waals surface area (Å²) in [5.74, 6) is -1.72. The van der Waals surface area contributed by atoms with Gasteiger partial charge in [-0.05, 0) is 57.5 Å². The lowest BCUT2D eigenvalue weighted by atomic mass is 10.1. The first kappa shape index (κ1) is 21.6. The quantitative estimate of drug-likeness (QED) is 0.633. The highest BCUT2D eigenvalue weighted by Gasteiger charge is 2.21. The van der Waals surface area contributed by atoms with Gasteiger partial charge in [-0.25, -0.2) is 4.68 Å². The summed E-state index contributed by atoms with van der Waals surface area (Å²) in [6, 6.07) is 9.22. The van der Waals surface area contributed by atoms with Crippen molar-refractivity contribution < 1.29 is 19.4 Å². The van der Waals surface area contributed by atoms with Crippen molar-refractivity contribution in [2.45, 2.75) is 34.1 Å². The van der Waals surface area contributed by atoms with Crippen LogP contribution in [0.3, 0.4) is 0 Å². The topological polar surface area (TPSA) is 84.7 Å². The number of benzene rings is 1. The Balaban J connectivity index is 2.15. The molecule has 2 rings (SSSR count). The first-order valence-electron chi connectivity index (χ1n) is 9.57. The van der Waals surface area contributed by atoms with E-state index in [1.807, 2.05) is 43.7 Å². The molecule has 0 aliphatic carbocycles. The first-order chi connectivity index (χ1) is 13.3. The zero-order valence-electron chi connectivity index (χ0n) is 17.0. The second kappa shape index (κ2) is 10.0. The van der Waals surface area contributed by atoms with Crippen molar-refractivity contribution in [2.75, 3.05) is 26.3 Å². The number of carbonyl (C=O) groups excluding carboxylic acids is 1. The van der Waals surface area contributed by atoms with Crippen molar-refractivity contribution in [3.05, 3.63) is 47.3 Å². The zero-order chi connectivity index (χ0) is 20.7. The van der Waals surface area contributed by atoms with Crippen LogP contribution in [0, 0.1) is 19.8 Å². The number of aryl methyl sites for hydroxylation is 2. The van der Waals surface area contributed by atoms with Gasteiger partial charge in [0.05, 0.1) is 17.3 Å². The van der Waals surface area contributed by atoms with E-state index in [4.69, 9.17) is 4.74 Å². The molecule has 7 heteroatoms. The maximum absolute atomic E-state index is 13.0. The van der Waals surface area contributed by atoms with Gasteiger partial charge in [0.2, 0.25) is 0 Å². The van der Waals surface area contributed by atoms with Crippen molar-refractivity contribution >= 4 is 11.9 Å². The predicted octanol–water partition coefficient (Wildman–Crippen LogP) is 3.08. The summed E-state index contributed by atoms with van der Waals surface area (Å²) < 4.78 is 7.16. The summed E-state index contributed by atoms with van der Waals surface area (Å²) in [6.07, 6.45) is 0.662. The molecule has 0 spiro atoms. The van der Waals surface area contributed by atoms with E-state index in [1.54, 1.807) is 24.0 Å². The molecule has 1 aromatic heterocycles. The third-order valence-electron chi connectivity index (χ3n) is 4.49. The van der Waals surface area contributed by atoms with E-state index < -0.39 is 11.9 Å². The number of aromatic nitrogens is 2. The summed E-state index contributed by atoms with van der Waals surface area (Å²) in [4.78, 5) is 25.8. The van der Waals surface area contributed by atoms with Crippen molar-refractivity contribution in [3.8, 4) is 5.69 Å². The number of rotatable bonds is 10. The Hall–Kier alpha value is -2.67. The molecule has 0 bridgehead atoms. The fourth-order valence-electron chi connectivity index (χ4n) is 3.00. The van der Waals surface area contributed by atoms with Crippen LogP contribution in [0.4, 0.5) is 0 Å². The van der Waals surface area contributed by atoms with Gasteiger partial charge in [-0.15, -0.1) is 0 Å². The van der Waals surface area contributed by atoms with Gasteiger partial charge < -0.3 is 14.7 Å². The van der Waals surface area contributed by atoms with E-state index in [9.17, 15) is 14.7 Å². The van der Waals surface area contributed by atoms with Crippen LogP contribution in [0.15, 0.2) is 30.3 Å².